The maximum absolute atomic E-state index is 12.7. The van der Waals surface area contributed by atoms with Crippen molar-refractivity contribution in [1.82, 2.24) is 0 Å². The number of phosphoric ester groups is 1. The Morgan fingerprint density at radius 3 is 1.73 bits per heavy atom. The third kappa shape index (κ3) is 39.0. The predicted molar refractivity (Wildman–Crippen MR) is 227 cm³/mol. The monoisotopic (exact) mass is 817 g/mol. The van der Waals surface area contributed by atoms with Gasteiger partial charge in [-0.3, -0.25) is 23.9 Å². The molecule has 0 heterocycles. The lowest BCUT2D eigenvalue weighted by Gasteiger charge is -2.24. The standard InChI is InChI=1S/C44H82NO10P/c1-6-8-10-11-12-13-14-15-16-17-18-21-24-27-31-35-43(46)51-39-42(40-53-56(49,50)52-38-37-45(3,4)5)54-44(47)36-32-28-25-22-19-20-23-26-30-34-41(55-48)33-29-9-7-2/h15-16,23,26,30,34,41-42H,6-14,17-22,24-25,27-29,31-33,35-40H2,1-5H3,(H-,48,49,50)/p+1/b16-15-,26-23-,34-30+. The van der Waals surface area contributed by atoms with E-state index in [1.54, 1.807) is 0 Å². The molecule has 3 atom stereocenters. The van der Waals surface area contributed by atoms with Gasteiger partial charge in [0.2, 0.25) is 0 Å². The molecule has 328 valence electrons. The quantitative estimate of drug-likeness (QED) is 0.00898. The Labute approximate surface area is 341 Å². The van der Waals surface area contributed by atoms with Crippen molar-refractivity contribution in [2.24, 2.45) is 0 Å². The Morgan fingerprint density at radius 1 is 0.643 bits per heavy atom. The highest BCUT2D eigenvalue weighted by atomic mass is 31.2. The first-order valence-electron chi connectivity index (χ1n) is 22.0. The summed E-state index contributed by atoms with van der Waals surface area (Å²) in [5, 5.41) is 9.03. The Balaban J connectivity index is 4.48. The molecule has 0 radical (unpaired) electrons. The van der Waals surface area contributed by atoms with E-state index in [0.29, 0.717) is 23.9 Å². The number of hydrogen-bond donors (Lipinski definition) is 2. The molecule has 0 saturated heterocycles. The average molecular weight is 817 g/mol. The first-order valence-corrected chi connectivity index (χ1v) is 23.5. The number of hydrogen-bond acceptors (Lipinski definition) is 9. The molecule has 0 spiro atoms. The maximum atomic E-state index is 12.7. The topological polar surface area (TPSA) is 138 Å². The van der Waals surface area contributed by atoms with Crippen LogP contribution in [-0.2, 0) is 37.6 Å². The summed E-state index contributed by atoms with van der Waals surface area (Å²) in [6.07, 6.45) is 36.4. The van der Waals surface area contributed by atoms with Crippen molar-refractivity contribution in [2.75, 3.05) is 47.5 Å². The normalized spacial score (nSPS) is 14.5. The zero-order chi connectivity index (χ0) is 41.6. The Bertz CT molecular complexity index is 1070. The van der Waals surface area contributed by atoms with E-state index in [-0.39, 0.29) is 32.2 Å². The van der Waals surface area contributed by atoms with E-state index in [1.807, 2.05) is 39.4 Å². The van der Waals surface area contributed by atoms with E-state index >= 15 is 0 Å². The van der Waals surface area contributed by atoms with Gasteiger partial charge < -0.3 is 18.9 Å². The van der Waals surface area contributed by atoms with Gasteiger partial charge in [0.1, 0.15) is 25.9 Å². The van der Waals surface area contributed by atoms with Crippen LogP contribution < -0.4 is 0 Å². The van der Waals surface area contributed by atoms with Crippen molar-refractivity contribution < 1.29 is 52.2 Å². The molecule has 0 amide bonds. The summed E-state index contributed by atoms with van der Waals surface area (Å²) in [5.41, 5.74) is 0. The second-order valence-electron chi connectivity index (χ2n) is 16.0. The van der Waals surface area contributed by atoms with Gasteiger partial charge in [0.25, 0.3) is 0 Å². The van der Waals surface area contributed by atoms with Crippen LogP contribution in [0.5, 0.6) is 0 Å². The smallest absolute Gasteiger partial charge is 0.462 e. The number of phosphoric acid groups is 1. The average Bonchev–Trinajstić information content (AvgIpc) is 3.15. The summed E-state index contributed by atoms with van der Waals surface area (Å²) in [4.78, 5) is 39.9. The number of unbranched alkanes of at least 4 members (excludes halogenated alkanes) is 18. The predicted octanol–water partition coefficient (Wildman–Crippen LogP) is 11.6. The Morgan fingerprint density at radius 2 is 1.16 bits per heavy atom. The molecule has 3 unspecified atom stereocenters. The SMILES string of the molecule is CCCCCCCC/C=C\CCCCCCCC(=O)OCC(COP(=O)(O)OCC[N+](C)(C)C)OC(=O)CCCCCCC/C=C\C=C\C(CCCCC)OO. The molecule has 12 heteroatoms. The van der Waals surface area contributed by atoms with Crippen molar-refractivity contribution in [3.05, 3.63) is 36.5 Å². The highest BCUT2D eigenvalue weighted by Gasteiger charge is 2.27. The van der Waals surface area contributed by atoms with Crippen molar-refractivity contribution in [3.8, 4) is 0 Å². The van der Waals surface area contributed by atoms with Crippen molar-refractivity contribution in [2.45, 2.75) is 187 Å². The molecule has 56 heavy (non-hydrogen) atoms. The Kier molecular flexibility index (Phi) is 36.2. The number of carbonyl (C=O) groups excluding carboxylic acids is 2. The van der Waals surface area contributed by atoms with Crippen LogP contribution >= 0.6 is 7.82 Å². The van der Waals surface area contributed by atoms with Crippen LogP contribution in [0.4, 0.5) is 0 Å². The van der Waals surface area contributed by atoms with Crippen molar-refractivity contribution in [1.29, 1.82) is 0 Å². The second kappa shape index (κ2) is 37.4. The molecule has 0 aromatic carbocycles. The molecule has 11 nitrogen and oxygen atoms in total. The zero-order valence-electron chi connectivity index (χ0n) is 36.2. The van der Waals surface area contributed by atoms with Gasteiger partial charge in [-0.05, 0) is 57.8 Å². The molecule has 0 bridgehead atoms. The highest BCUT2D eigenvalue weighted by molar-refractivity contribution is 7.47. The number of rotatable bonds is 40. The molecule has 0 aliphatic rings. The van der Waals surface area contributed by atoms with E-state index in [2.05, 4.69) is 37.0 Å². The number of likely N-dealkylation sites (N-methyl/N-ethyl adjacent to an activating group) is 1. The summed E-state index contributed by atoms with van der Waals surface area (Å²) in [5.74, 6) is -0.869. The largest absolute Gasteiger partial charge is 0.472 e. The van der Waals surface area contributed by atoms with Crippen LogP contribution in [-0.4, -0.2) is 86.3 Å². The number of esters is 2. The third-order valence-electron chi connectivity index (χ3n) is 9.36. The van der Waals surface area contributed by atoms with Gasteiger partial charge in [0.15, 0.2) is 6.10 Å². The van der Waals surface area contributed by atoms with Crippen molar-refractivity contribution in [3.63, 3.8) is 0 Å². The highest BCUT2D eigenvalue weighted by Crippen LogP contribution is 2.43. The van der Waals surface area contributed by atoms with Gasteiger partial charge in [-0.1, -0.05) is 140 Å². The van der Waals surface area contributed by atoms with Gasteiger partial charge in [-0.15, -0.1) is 0 Å². The minimum atomic E-state index is -4.40. The first-order chi connectivity index (χ1) is 26.9. The molecule has 0 rings (SSSR count). The van der Waals surface area contributed by atoms with Crippen LogP contribution in [0.2, 0.25) is 0 Å². The van der Waals surface area contributed by atoms with E-state index in [0.717, 1.165) is 89.9 Å². The summed E-state index contributed by atoms with van der Waals surface area (Å²) < 4.78 is 34.2. The van der Waals surface area contributed by atoms with Gasteiger partial charge in [0.05, 0.1) is 27.7 Å². The van der Waals surface area contributed by atoms with Crippen LogP contribution in [0, 0.1) is 0 Å². The molecule has 0 aromatic rings. The summed E-state index contributed by atoms with van der Waals surface area (Å²) in [6.45, 7) is 4.21. The Hall–Kier alpha value is -1.85. The fourth-order valence-corrected chi connectivity index (χ4v) is 6.55. The fraction of sp³-hybridized carbons (Fsp3) is 0.818. The number of quaternary nitrogens is 1. The van der Waals surface area contributed by atoms with E-state index in [9.17, 15) is 19.0 Å². The molecule has 0 aliphatic heterocycles. The summed E-state index contributed by atoms with van der Waals surface area (Å²) >= 11 is 0. The molecular weight excluding hydrogens is 733 g/mol. The van der Waals surface area contributed by atoms with Crippen LogP contribution in [0.1, 0.15) is 174 Å². The molecule has 0 aliphatic carbocycles. The lowest BCUT2D eigenvalue weighted by Crippen LogP contribution is -2.37. The van der Waals surface area contributed by atoms with E-state index in [1.165, 1.54) is 44.9 Å². The minimum Gasteiger partial charge on any atom is -0.462 e. The molecule has 0 aromatic heterocycles. The van der Waals surface area contributed by atoms with E-state index in [4.69, 9.17) is 23.8 Å². The number of nitrogens with zero attached hydrogens (tertiary/aromatic N) is 1. The lowest BCUT2D eigenvalue weighted by atomic mass is 10.1. The molecule has 2 N–H and O–H groups in total. The molecule has 0 saturated carbocycles. The van der Waals surface area contributed by atoms with E-state index < -0.39 is 32.5 Å². The van der Waals surface area contributed by atoms with Crippen LogP contribution in [0.3, 0.4) is 0 Å². The number of allylic oxidation sites excluding steroid dienone is 5. The fourth-order valence-electron chi connectivity index (χ4n) is 5.81. The minimum absolute atomic E-state index is 0.0136. The molecular formula is C44H83NO10P+. The molecule has 0 fully saturated rings. The maximum Gasteiger partial charge on any atom is 0.472 e. The second-order valence-corrected chi connectivity index (χ2v) is 17.5. The van der Waals surface area contributed by atoms with Crippen LogP contribution in [0.15, 0.2) is 36.5 Å². The summed E-state index contributed by atoms with van der Waals surface area (Å²) in [6, 6.07) is 0. The van der Waals surface area contributed by atoms with Gasteiger partial charge in [0, 0.05) is 12.8 Å². The van der Waals surface area contributed by atoms with Gasteiger partial charge >= 0.3 is 19.8 Å². The first kappa shape index (κ1) is 54.2. The lowest BCUT2D eigenvalue weighted by molar-refractivity contribution is -0.870. The van der Waals surface area contributed by atoms with Gasteiger partial charge in [-0.25, -0.2) is 9.45 Å². The number of ether oxygens (including phenoxy) is 2. The van der Waals surface area contributed by atoms with Gasteiger partial charge in [-0.2, -0.15) is 0 Å². The summed E-state index contributed by atoms with van der Waals surface area (Å²) in [7, 11) is 1.41. The van der Waals surface area contributed by atoms with Crippen molar-refractivity contribution >= 4 is 19.8 Å². The van der Waals surface area contributed by atoms with Crippen LogP contribution in [0.25, 0.3) is 0 Å². The number of carbonyl (C=O) groups is 2. The zero-order valence-corrected chi connectivity index (χ0v) is 37.1. The third-order valence-corrected chi connectivity index (χ3v) is 10.3.